The number of benzene rings is 1. The lowest BCUT2D eigenvalue weighted by Crippen LogP contribution is -2.37. The summed E-state index contributed by atoms with van der Waals surface area (Å²) in [5.41, 5.74) is 0.821. The summed E-state index contributed by atoms with van der Waals surface area (Å²) < 4.78 is 55.9. The first kappa shape index (κ1) is 28.8. The van der Waals surface area contributed by atoms with Crippen molar-refractivity contribution >= 4 is 23.6 Å². The van der Waals surface area contributed by atoms with Gasteiger partial charge in [-0.05, 0) is 49.8 Å². The van der Waals surface area contributed by atoms with Gasteiger partial charge in [-0.25, -0.2) is 4.79 Å². The third-order valence-electron chi connectivity index (χ3n) is 5.71. The molecule has 1 fully saturated rings. The van der Waals surface area contributed by atoms with Gasteiger partial charge in [0.05, 0.1) is 20.1 Å². The molecule has 0 aliphatic carbocycles. The summed E-state index contributed by atoms with van der Waals surface area (Å²) in [6.07, 6.45) is -2.33. The highest BCUT2D eigenvalue weighted by molar-refractivity contribution is 5.76. The van der Waals surface area contributed by atoms with E-state index in [-0.39, 0.29) is 30.7 Å². The predicted octanol–water partition coefficient (Wildman–Crippen LogP) is 3.75. The van der Waals surface area contributed by atoms with E-state index in [2.05, 4.69) is 20.0 Å². The number of halogens is 3. The lowest BCUT2D eigenvalue weighted by atomic mass is 9.95. The fourth-order valence-corrected chi connectivity index (χ4v) is 4.03. The average Bonchev–Trinajstić information content (AvgIpc) is 2.88. The Balaban J connectivity index is 1.54. The first-order chi connectivity index (χ1) is 18.1. The minimum Gasteiger partial charge on any atom is -0.467 e. The molecule has 1 N–H and O–H groups in total. The molecule has 0 radical (unpaired) electrons. The molecular weight excluding hydrogens is 509 g/mol. The van der Waals surface area contributed by atoms with Crippen LogP contribution in [0.4, 0.5) is 24.8 Å². The van der Waals surface area contributed by atoms with Gasteiger partial charge in [0, 0.05) is 25.7 Å². The Kier molecular flexibility index (Phi) is 10.4. The molecule has 2 heterocycles. The van der Waals surface area contributed by atoms with Crippen molar-refractivity contribution in [2.24, 2.45) is 5.92 Å². The fourth-order valence-electron chi connectivity index (χ4n) is 4.03. The number of nitrogens with one attached hydrogen (secondary N) is 1. The van der Waals surface area contributed by atoms with Crippen molar-refractivity contribution in [3.05, 3.63) is 35.9 Å². The molecule has 38 heavy (non-hydrogen) atoms. The number of alkyl halides is 3. The van der Waals surface area contributed by atoms with Gasteiger partial charge in [0.15, 0.2) is 6.61 Å². The normalized spacial score (nSPS) is 15.5. The average molecular weight is 541 g/mol. The Morgan fingerprint density at radius 2 is 1.89 bits per heavy atom. The Hall–Kier alpha value is -3.77. The predicted molar refractivity (Wildman–Crippen MR) is 131 cm³/mol. The molecule has 1 aliphatic heterocycles. The highest BCUT2D eigenvalue weighted by atomic mass is 19.4. The standard InChI is InChI=1S/C25H31F3N4O6/c1-3-36-23(34)16-37-22(33)13-18-5-4-12-32(15-18)21-14-20(30-24(31-21)35-2)29-11-10-17-6-8-19(9-7-17)38-25(26,27)28/h6-9,14,18H,3-5,10-13,15-16H2,1-2H3,(H,29,30,31). The number of ether oxygens (including phenoxy) is 4. The van der Waals surface area contributed by atoms with Crippen molar-refractivity contribution in [2.75, 3.05) is 50.2 Å². The molecule has 1 saturated heterocycles. The van der Waals surface area contributed by atoms with Crippen LogP contribution in [0.1, 0.15) is 31.7 Å². The van der Waals surface area contributed by atoms with Gasteiger partial charge >= 0.3 is 24.3 Å². The number of aromatic nitrogens is 2. The molecule has 10 nitrogen and oxygen atoms in total. The second-order valence-electron chi connectivity index (χ2n) is 8.59. The fraction of sp³-hybridized carbons (Fsp3) is 0.520. The molecular formula is C25H31F3N4O6. The summed E-state index contributed by atoms with van der Waals surface area (Å²) >= 11 is 0. The topological polar surface area (TPSA) is 112 Å². The van der Waals surface area contributed by atoms with Crippen molar-refractivity contribution in [2.45, 2.75) is 39.0 Å². The SMILES string of the molecule is CCOC(=O)COC(=O)CC1CCCN(c2cc(NCCc3ccc(OC(F)(F)F)cc3)nc(OC)n2)C1. The number of rotatable bonds is 12. The largest absolute Gasteiger partial charge is 0.573 e. The van der Waals surface area contributed by atoms with Crippen molar-refractivity contribution < 1.29 is 41.7 Å². The van der Waals surface area contributed by atoms with Gasteiger partial charge < -0.3 is 29.2 Å². The molecule has 1 unspecified atom stereocenters. The van der Waals surface area contributed by atoms with Crippen LogP contribution in [0.3, 0.4) is 0 Å². The van der Waals surface area contributed by atoms with E-state index in [1.807, 2.05) is 4.90 Å². The zero-order valence-corrected chi connectivity index (χ0v) is 21.3. The van der Waals surface area contributed by atoms with Gasteiger partial charge in [-0.15, -0.1) is 13.2 Å². The van der Waals surface area contributed by atoms with Gasteiger partial charge in [0.2, 0.25) is 0 Å². The van der Waals surface area contributed by atoms with E-state index in [4.69, 9.17) is 14.2 Å². The molecule has 0 amide bonds. The highest BCUT2D eigenvalue weighted by Crippen LogP contribution is 2.27. The van der Waals surface area contributed by atoms with Gasteiger partial charge in [-0.2, -0.15) is 9.97 Å². The van der Waals surface area contributed by atoms with Gasteiger partial charge in [0.1, 0.15) is 17.4 Å². The van der Waals surface area contributed by atoms with Crippen molar-refractivity contribution in [3.8, 4) is 11.8 Å². The summed E-state index contributed by atoms with van der Waals surface area (Å²) in [4.78, 5) is 34.4. The van der Waals surface area contributed by atoms with Crippen molar-refractivity contribution in [3.63, 3.8) is 0 Å². The van der Waals surface area contributed by atoms with Crippen LogP contribution in [0.5, 0.6) is 11.8 Å². The van der Waals surface area contributed by atoms with Crippen LogP contribution in [0.15, 0.2) is 30.3 Å². The molecule has 1 aromatic heterocycles. The number of esters is 2. The zero-order valence-electron chi connectivity index (χ0n) is 21.3. The van der Waals surface area contributed by atoms with Crippen LogP contribution >= 0.6 is 0 Å². The molecule has 2 aromatic rings. The van der Waals surface area contributed by atoms with E-state index < -0.39 is 24.9 Å². The Morgan fingerprint density at radius 1 is 1.13 bits per heavy atom. The third-order valence-corrected chi connectivity index (χ3v) is 5.71. The summed E-state index contributed by atoms with van der Waals surface area (Å²) in [5.74, 6) is -0.110. The second kappa shape index (κ2) is 13.7. The Bertz CT molecular complexity index is 1070. The minimum absolute atomic E-state index is 0.0279. The molecule has 1 atom stereocenters. The molecule has 0 spiro atoms. The lowest BCUT2D eigenvalue weighted by Gasteiger charge is -2.33. The van der Waals surface area contributed by atoms with Gasteiger partial charge in [-0.3, -0.25) is 4.79 Å². The van der Waals surface area contributed by atoms with Crippen LogP contribution in [0, 0.1) is 5.92 Å². The number of carbonyl (C=O) groups is 2. The molecule has 0 bridgehead atoms. The second-order valence-corrected chi connectivity index (χ2v) is 8.59. The van der Waals surface area contributed by atoms with Crippen LogP contribution in [-0.4, -0.2) is 68.2 Å². The van der Waals surface area contributed by atoms with E-state index in [9.17, 15) is 22.8 Å². The minimum atomic E-state index is -4.73. The van der Waals surface area contributed by atoms with Crippen molar-refractivity contribution in [1.29, 1.82) is 0 Å². The maximum atomic E-state index is 12.3. The maximum absolute atomic E-state index is 12.3. The monoisotopic (exact) mass is 540 g/mol. The van der Waals surface area contributed by atoms with Crippen LogP contribution < -0.4 is 19.7 Å². The van der Waals surface area contributed by atoms with Gasteiger partial charge in [0.25, 0.3) is 0 Å². The van der Waals surface area contributed by atoms with E-state index >= 15 is 0 Å². The first-order valence-electron chi connectivity index (χ1n) is 12.2. The summed E-state index contributed by atoms with van der Waals surface area (Å²) in [7, 11) is 1.46. The first-order valence-corrected chi connectivity index (χ1v) is 12.2. The maximum Gasteiger partial charge on any atom is 0.573 e. The van der Waals surface area contributed by atoms with E-state index in [0.717, 1.165) is 24.9 Å². The molecule has 1 aliphatic rings. The molecule has 13 heteroatoms. The number of hydrogen-bond acceptors (Lipinski definition) is 10. The number of carbonyl (C=O) groups excluding carboxylic acids is 2. The van der Waals surface area contributed by atoms with Crippen molar-refractivity contribution in [1.82, 2.24) is 9.97 Å². The lowest BCUT2D eigenvalue weighted by molar-refractivity contribution is -0.274. The van der Waals surface area contributed by atoms with E-state index in [0.29, 0.717) is 31.1 Å². The van der Waals surface area contributed by atoms with Crippen LogP contribution in [-0.2, 0) is 25.5 Å². The Morgan fingerprint density at radius 3 is 2.58 bits per heavy atom. The zero-order chi connectivity index (χ0) is 27.5. The molecule has 3 rings (SSSR count). The van der Waals surface area contributed by atoms with E-state index in [1.165, 1.54) is 19.2 Å². The number of piperidine rings is 1. The summed E-state index contributed by atoms with van der Waals surface area (Å²) in [6, 6.07) is 7.64. The number of methoxy groups -OCH3 is 1. The highest BCUT2D eigenvalue weighted by Gasteiger charge is 2.31. The summed E-state index contributed by atoms with van der Waals surface area (Å²) in [6.45, 7) is 3.28. The number of hydrogen-bond donors (Lipinski definition) is 1. The third kappa shape index (κ3) is 9.60. The van der Waals surface area contributed by atoms with E-state index in [1.54, 1.807) is 25.1 Å². The molecule has 208 valence electrons. The Labute approximate surface area is 218 Å². The summed E-state index contributed by atoms with van der Waals surface area (Å²) in [5, 5.41) is 3.19. The molecule has 1 aromatic carbocycles. The van der Waals surface area contributed by atoms with Crippen LogP contribution in [0.25, 0.3) is 0 Å². The van der Waals surface area contributed by atoms with Crippen LogP contribution in [0.2, 0.25) is 0 Å². The number of nitrogens with zero attached hydrogens (tertiary/aromatic N) is 3. The molecule has 0 saturated carbocycles. The quantitative estimate of drug-likeness (QED) is 0.400. The smallest absolute Gasteiger partial charge is 0.467 e. The number of anilines is 2. The van der Waals surface area contributed by atoms with Gasteiger partial charge in [-0.1, -0.05) is 12.1 Å².